The molecule has 0 bridgehead atoms. The van der Waals surface area contributed by atoms with Gasteiger partial charge in [-0.25, -0.2) is 0 Å². The van der Waals surface area contributed by atoms with Gasteiger partial charge in [0.05, 0.1) is 5.54 Å². The van der Waals surface area contributed by atoms with Gasteiger partial charge in [-0.15, -0.1) is 0 Å². The molecule has 0 aromatic heterocycles. The summed E-state index contributed by atoms with van der Waals surface area (Å²) in [5.41, 5.74) is 1.19. The molecule has 1 aromatic carbocycles. The van der Waals surface area contributed by atoms with E-state index in [9.17, 15) is 4.79 Å². The summed E-state index contributed by atoms with van der Waals surface area (Å²) in [6.07, 6.45) is 2.29. The number of hydrogen-bond donors (Lipinski definition) is 0. The molecule has 132 valence electrons. The van der Waals surface area contributed by atoms with Gasteiger partial charge < -0.3 is 14.4 Å². The van der Waals surface area contributed by atoms with E-state index >= 15 is 0 Å². The van der Waals surface area contributed by atoms with Crippen molar-refractivity contribution in [1.29, 1.82) is 0 Å². The third-order valence-electron chi connectivity index (χ3n) is 5.52. The lowest BCUT2D eigenvalue weighted by molar-refractivity contribution is -0.153. The highest BCUT2D eigenvalue weighted by Gasteiger charge is 2.50. The van der Waals surface area contributed by atoms with Gasteiger partial charge in [-0.1, -0.05) is 18.2 Å². The van der Waals surface area contributed by atoms with Crippen LogP contribution in [-0.2, 0) is 9.53 Å². The molecule has 0 N–H and O–H groups in total. The summed E-state index contributed by atoms with van der Waals surface area (Å²) in [4.78, 5) is 16.7. The van der Waals surface area contributed by atoms with E-state index in [0.29, 0.717) is 5.92 Å². The summed E-state index contributed by atoms with van der Waals surface area (Å²) in [7, 11) is 3.94. The zero-order chi connectivity index (χ0) is 17.2. The van der Waals surface area contributed by atoms with Gasteiger partial charge in [0.15, 0.2) is 6.61 Å². The number of hydrogen-bond acceptors (Lipinski definition) is 4. The van der Waals surface area contributed by atoms with E-state index < -0.39 is 0 Å². The van der Waals surface area contributed by atoms with E-state index in [1.807, 2.05) is 36.1 Å². The Morgan fingerprint density at radius 3 is 2.79 bits per heavy atom. The molecule has 3 rings (SSSR count). The standard InChI is InChI=1S/C19H28N2O3/c1-15-6-4-5-7-17(15)24-12-18(22)21-13-19(14-21)10-16(11-23-3)8-9-20(19)2/h4-7,16H,8-14H2,1-3H3/t16-/m0/s1. The Morgan fingerprint density at radius 2 is 2.08 bits per heavy atom. The minimum absolute atomic E-state index is 0.0751. The lowest BCUT2D eigenvalue weighted by Gasteiger charge is -2.58. The number of piperidine rings is 1. The number of amides is 1. The van der Waals surface area contributed by atoms with Crippen molar-refractivity contribution in [2.24, 2.45) is 5.92 Å². The van der Waals surface area contributed by atoms with Gasteiger partial charge >= 0.3 is 0 Å². The molecule has 2 aliphatic heterocycles. The van der Waals surface area contributed by atoms with Crippen LogP contribution in [0.1, 0.15) is 18.4 Å². The van der Waals surface area contributed by atoms with E-state index in [1.165, 1.54) is 6.42 Å². The predicted molar refractivity (Wildman–Crippen MR) is 93.2 cm³/mol. The Hall–Kier alpha value is -1.59. The van der Waals surface area contributed by atoms with Crippen LogP contribution in [0.15, 0.2) is 24.3 Å². The first kappa shape index (κ1) is 17.2. The monoisotopic (exact) mass is 332 g/mol. The number of para-hydroxylation sites is 1. The fourth-order valence-electron chi connectivity index (χ4n) is 3.95. The Labute approximate surface area is 144 Å². The lowest BCUT2D eigenvalue weighted by Crippen LogP contribution is -2.73. The van der Waals surface area contributed by atoms with Gasteiger partial charge in [-0.2, -0.15) is 0 Å². The van der Waals surface area contributed by atoms with E-state index in [0.717, 1.165) is 44.0 Å². The Balaban J connectivity index is 1.51. The number of methoxy groups -OCH3 is 1. The second-order valence-corrected chi connectivity index (χ2v) is 7.26. The van der Waals surface area contributed by atoms with Crippen molar-refractivity contribution < 1.29 is 14.3 Å². The fraction of sp³-hybridized carbons (Fsp3) is 0.632. The van der Waals surface area contributed by atoms with E-state index in [1.54, 1.807) is 7.11 Å². The number of carbonyl (C=O) groups is 1. The van der Waals surface area contributed by atoms with Crippen LogP contribution in [-0.4, -0.2) is 68.3 Å². The Kier molecular flexibility index (Phi) is 5.11. The highest BCUT2D eigenvalue weighted by atomic mass is 16.5. The number of carbonyl (C=O) groups excluding carboxylic acids is 1. The van der Waals surface area contributed by atoms with Crippen LogP contribution in [0.3, 0.4) is 0 Å². The van der Waals surface area contributed by atoms with Crippen LogP contribution in [0.25, 0.3) is 0 Å². The summed E-state index contributed by atoms with van der Waals surface area (Å²) in [5, 5.41) is 0. The van der Waals surface area contributed by atoms with E-state index in [-0.39, 0.29) is 18.1 Å². The molecule has 2 fully saturated rings. The average Bonchev–Trinajstić information content (AvgIpc) is 2.54. The van der Waals surface area contributed by atoms with E-state index in [4.69, 9.17) is 9.47 Å². The average molecular weight is 332 g/mol. The van der Waals surface area contributed by atoms with Crippen LogP contribution >= 0.6 is 0 Å². The van der Waals surface area contributed by atoms with Crippen molar-refractivity contribution in [3.63, 3.8) is 0 Å². The molecular formula is C19H28N2O3. The number of nitrogens with zero attached hydrogens (tertiary/aromatic N) is 2. The molecule has 1 atom stereocenters. The molecule has 5 heteroatoms. The number of likely N-dealkylation sites (tertiary alicyclic amines) is 2. The van der Waals surface area contributed by atoms with Crippen molar-refractivity contribution in [3.05, 3.63) is 29.8 Å². The smallest absolute Gasteiger partial charge is 0.260 e. The lowest BCUT2D eigenvalue weighted by atomic mass is 9.75. The van der Waals surface area contributed by atoms with Gasteiger partial charge in [-0.05, 0) is 50.9 Å². The molecular weight excluding hydrogens is 304 g/mol. The maximum atomic E-state index is 12.4. The Bertz CT molecular complexity index is 584. The zero-order valence-corrected chi connectivity index (χ0v) is 15.0. The quantitative estimate of drug-likeness (QED) is 0.826. The van der Waals surface area contributed by atoms with Crippen molar-refractivity contribution in [3.8, 4) is 5.75 Å². The summed E-state index contributed by atoms with van der Waals surface area (Å²) in [5.74, 6) is 1.47. The number of benzene rings is 1. The van der Waals surface area contributed by atoms with Gasteiger partial charge in [0.1, 0.15) is 5.75 Å². The topological polar surface area (TPSA) is 42.0 Å². The minimum atomic E-state index is 0.0751. The summed E-state index contributed by atoms with van der Waals surface area (Å²) < 4.78 is 11.0. The van der Waals surface area contributed by atoms with Crippen LogP contribution in [0, 0.1) is 12.8 Å². The third-order valence-corrected chi connectivity index (χ3v) is 5.52. The molecule has 2 aliphatic rings. The first-order valence-corrected chi connectivity index (χ1v) is 8.70. The predicted octanol–water partition coefficient (Wildman–Crippen LogP) is 1.94. The summed E-state index contributed by atoms with van der Waals surface area (Å²) in [6, 6.07) is 7.80. The molecule has 0 radical (unpaired) electrons. The molecule has 1 spiro atoms. The largest absolute Gasteiger partial charge is 0.484 e. The molecule has 2 saturated heterocycles. The second-order valence-electron chi connectivity index (χ2n) is 7.26. The van der Waals surface area contributed by atoms with Crippen LogP contribution in [0.5, 0.6) is 5.75 Å². The van der Waals surface area contributed by atoms with Gasteiger partial charge in [0.2, 0.25) is 0 Å². The first-order valence-electron chi connectivity index (χ1n) is 8.70. The molecule has 5 nitrogen and oxygen atoms in total. The number of likely N-dealkylation sites (N-methyl/N-ethyl adjacent to an activating group) is 1. The highest BCUT2D eigenvalue weighted by molar-refractivity contribution is 5.79. The summed E-state index contributed by atoms with van der Waals surface area (Å²) >= 11 is 0. The third kappa shape index (κ3) is 3.42. The highest BCUT2D eigenvalue weighted by Crippen LogP contribution is 2.38. The van der Waals surface area contributed by atoms with Crippen LogP contribution in [0.4, 0.5) is 0 Å². The molecule has 0 saturated carbocycles. The van der Waals surface area contributed by atoms with Gasteiger partial charge in [0.25, 0.3) is 5.91 Å². The van der Waals surface area contributed by atoms with E-state index in [2.05, 4.69) is 11.9 Å². The number of ether oxygens (including phenoxy) is 2. The molecule has 1 aromatic rings. The number of aryl methyl sites for hydroxylation is 1. The molecule has 1 amide bonds. The second kappa shape index (κ2) is 7.11. The maximum absolute atomic E-state index is 12.4. The molecule has 0 aliphatic carbocycles. The SMILES string of the molecule is COC[C@H]1CCN(C)C2(C1)CN(C(=O)COc1ccccc1C)C2. The molecule has 0 unspecified atom stereocenters. The normalized spacial score (nSPS) is 23.1. The van der Waals surface area contributed by atoms with Gasteiger partial charge in [0, 0.05) is 26.8 Å². The van der Waals surface area contributed by atoms with Crippen molar-refractivity contribution in [2.45, 2.75) is 25.3 Å². The fourth-order valence-corrected chi connectivity index (χ4v) is 3.95. The maximum Gasteiger partial charge on any atom is 0.260 e. The van der Waals surface area contributed by atoms with Crippen LogP contribution in [0.2, 0.25) is 0 Å². The Morgan fingerprint density at radius 1 is 1.33 bits per heavy atom. The van der Waals surface area contributed by atoms with Crippen molar-refractivity contribution in [2.75, 3.05) is 47.0 Å². The summed E-state index contributed by atoms with van der Waals surface area (Å²) in [6.45, 7) is 5.62. The molecule has 2 heterocycles. The number of rotatable bonds is 5. The van der Waals surface area contributed by atoms with Gasteiger partial charge in [-0.3, -0.25) is 9.69 Å². The first-order chi connectivity index (χ1) is 11.5. The van der Waals surface area contributed by atoms with Crippen molar-refractivity contribution >= 4 is 5.91 Å². The van der Waals surface area contributed by atoms with Crippen LogP contribution < -0.4 is 4.74 Å². The molecule has 24 heavy (non-hydrogen) atoms. The minimum Gasteiger partial charge on any atom is -0.484 e. The zero-order valence-electron chi connectivity index (χ0n) is 15.0. The van der Waals surface area contributed by atoms with Crippen molar-refractivity contribution in [1.82, 2.24) is 9.80 Å².